The largest absolute Gasteiger partial charge is 0.358 e. The van der Waals surface area contributed by atoms with Crippen molar-refractivity contribution in [2.45, 2.75) is 235 Å². The Morgan fingerprint density at radius 1 is 0.360 bits per heavy atom. The molecule has 2 N–H and O–H groups in total. The van der Waals surface area contributed by atoms with Crippen molar-refractivity contribution < 1.29 is 54.3 Å². The second-order valence-corrected chi connectivity index (χ2v) is 48.3. The SMILES string of the molecule is C[CH](C)[Ge]([CH2]Oc1ccc(F)cc1-c1cc(C(C)(C)CC(C)(C)C)cc(-n2c3cc(C(C)(C)C)ccc3c3ccc(C(C)(C)C)cc32)c1O)([CH2]Oc1ccc(F)cc1-c1cc(C(C)(C)CC(C)(C)C)cc(-n2c3cc(C(C)(C)C)ccc3c3ccc(C(C)(C)C)cc32)c1O)[CH](C)C.[CH3-].[CH3-].[Hf]. The smallest absolute Gasteiger partial charge is 0 e. The summed E-state index contributed by atoms with van der Waals surface area (Å²) in [4.78, 5) is 0. The molecule has 0 aliphatic rings. The van der Waals surface area contributed by atoms with Crippen LogP contribution in [0.4, 0.5) is 8.78 Å². The summed E-state index contributed by atoms with van der Waals surface area (Å²) >= 11 is -3.58. The number of rotatable bonds is 16. The summed E-state index contributed by atoms with van der Waals surface area (Å²) in [6, 6.07) is 44.7. The van der Waals surface area contributed by atoms with Gasteiger partial charge in [-0.3, -0.25) is 0 Å². The summed E-state index contributed by atoms with van der Waals surface area (Å²) in [5.74, 6) is 0.0774. The Morgan fingerprint density at radius 2 is 0.630 bits per heavy atom. The standard InChI is InChI=1S/C88H112F2GeN2O4.2CH3.Hf/c1-53(2)91(54(3)4,51-96-77-37-31-61(89)47-67(77)69-39-59(87(23,24)49-81(5,6)7)45-75(79(69)94)92-71-41-55(83(11,12)13)27-33-63(71)64-34-28-56(42-72(64)92)84(14,15)16)52-97-78-38-32-62(90)48-68(78)70-40-60(88(25,26)50-82(8,9)10)46-76(80(70)95)93-73-43-57(85(17,18)19)29-35-65(73)66-36-30-58(44-74(66)93)86(20,21)22;;;/h27-48,53-54,94-95H,49-52H2,1-26H3;2*1H3;/q;2*-1;. The monoisotopic (exact) mass is 1580 g/mol. The second kappa shape index (κ2) is 28.5. The van der Waals surface area contributed by atoms with Crippen LogP contribution in [-0.4, -0.2) is 43.5 Å². The number of hydrogen-bond acceptors (Lipinski definition) is 4. The Morgan fingerprint density at radius 3 is 0.870 bits per heavy atom. The maximum absolute atomic E-state index is 16.4. The molecule has 0 aliphatic carbocycles. The number of nitrogens with zero attached hydrogens (tertiary/aromatic N) is 2. The van der Waals surface area contributed by atoms with Gasteiger partial charge >= 0.3 is 503 Å². The van der Waals surface area contributed by atoms with E-state index in [0.29, 0.717) is 56.0 Å². The van der Waals surface area contributed by atoms with Crippen LogP contribution < -0.4 is 9.47 Å². The van der Waals surface area contributed by atoms with Gasteiger partial charge in [-0.15, -0.1) is 0 Å². The minimum Gasteiger partial charge on any atom is -0.358 e. The molecule has 0 radical (unpaired) electrons. The van der Waals surface area contributed by atoms with Crippen molar-refractivity contribution in [1.82, 2.24) is 9.13 Å². The quantitative estimate of drug-likeness (QED) is 0.0747. The predicted molar refractivity (Wildman–Crippen MR) is 424 cm³/mol. The molecule has 2 heterocycles. The molecule has 8 aromatic carbocycles. The normalized spacial score (nSPS) is 13.2. The zero-order chi connectivity index (χ0) is 71.6. The third-order valence-corrected chi connectivity index (χ3v) is 33.4. The molecule has 0 fully saturated rings. The number of halogens is 2. The number of hydrogen-bond donors (Lipinski definition) is 2. The Balaban J connectivity index is 0.00000468. The molecule has 0 amide bonds. The molecule has 2 aromatic heterocycles. The zero-order valence-corrected chi connectivity index (χ0v) is 71.7. The van der Waals surface area contributed by atoms with E-state index in [9.17, 15) is 10.2 Å². The van der Waals surface area contributed by atoms with Crippen molar-refractivity contribution in [2.24, 2.45) is 10.8 Å². The van der Waals surface area contributed by atoms with Gasteiger partial charge in [0, 0.05) is 25.8 Å². The first-order chi connectivity index (χ1) is 44.6. The van der Waals surface area contributed by atoms with Gasteiger partial charge in [-0.2, -0.15) is 0 Å². The first-order valence-corrected chi connectivity index (χ1v) is 40.8. The molecule has 0 atom stereocenters. The van der Waals surface area contributed by atoms with Crippen molar-refractivity contribution in [1.29, 1.82) is 0 Å². The first-order valence-electron chi connectivity index (χ1n) is 35.4. The Bertz CT molecular complexity index is 4220. The van der Waals surface area contributed by atoms with E-state index in [1.807, 2.05) is 0 Å². The molecular formula is C90H118F2GeHfN2O4-2. The minimum absolute atomic E-state index is 0. The van der Waals surface area contributed by atoms with Gasteiger partial charge in [-0.25, -0.2) is 0 Å². The molecule has 0 saturated heterocycles. The van der Waals surface area contributed by atoms with Crippen LogP contribution in [0, 0.1) is 37.3 Å². The van der Waals surface area contributed by atoms with E-state index in [-0.39, 0.29) is 94.2 Å². The molecule has 6 nitrogen and oxygen atoms in total. The van der Waals surface area contributed by atoms with Crippen molar-refractivity contribution in [3.63, 3.8) is 0 Å². The van der Waals surface area contributed by atoms with Crippen LogP contribution in [0.5, 0.6) is 23.0 Å². The van der Waals surface area contributed by atoms with Crippen molar-refractivity contribution in [3.05, 3.63) is 193 Å². The molecule has 0 unspecified atom stereocenters. The number of aromatic hydroxyl groups is 2. The van der Waals surface area contributed by atoms with Crippen molar-refractivity contribution in [2.75, 3.05) is 10.9 Å². The summed E-state index contributed by atoms with van der Waals surface area (Å²) in [5, 5.41) is 31.1. The molecule has 100 heavy (non-hydrogen) atoms. The predicted octanol–water partition coefficient (Wildman–Crippen LogP) is 26.2. The third-order valence-electron chi connectivity index (χ3n) is 20.9. The summed E-state index contributed by atoms with van der Waals surface area (Å²) in [6.45, 7) is 58.4. The number of fused-ring (bicyclic) bond motifs is 6. The average molecular weight is 1580 g/mol. The third kappa shape index (κ3) is 16.3. The van der Waals surface area contributed by atoms with Crippen LogP contribution >= 0.6 is 0 Å². The fourth-order valence-corrected chi connectivity index (χ4v) is 23.1. The van der Waals surface area contributed by atoms with E-state index in [2.05, 4.69) is 286 Å². The minimum atomic E-state index is -3.58. The van der Waals surface area contributed by atoms with Crippen LogP contribution in [0.25, 0.3) is 77.2 Å². The average Bonchev–Trinajstić information content (AvgIpc) is 1.55. The van der Waals surface area contributed by atoms with Crippen LogP contribution in [0.3, 0.4) is 0 Å². The van der Waals surface area contributed by atoms with Gasteiger partial charge in [-0.05, 0) is 0 Å². The summed E-state index contributed by atoms with van der Waals surface area (Å²) < 4.78 is 52.2. The van der Waals surface area contributed by atoms with E-state index < -0.39 is 35.7 Å². The molecule has 10 aromatic rings. The molecule has 0 aliphatic heterocycles. The summed E-state index contributed by atoms with van der Waals surface area (Å²) in [5.41, 5.74) is 12.9. The fraction of sp³-hybridized carbons (Fsp3) is 0.444. The van der Waals surface area contributed by atoms with Gasteiger partial charge in [-0.1, -0.05) is 83.1 Å². The van der Waals surface area contributed by atoms with Gasteiger partial charge in [0.15, 0.2) is 0 Å². The molecule has 0 bridgehead atoms. The molecule has 10 heteroatoms. The van der Waals surface area contributed by atoms with Crippen molar-refractivity contribution >= 4 is 56.9 Å². The first kappa shape index (κ1) is 81.1. The zero-order valence-electron chi connectivity index (χ0n) is 66.0. The molecular weight excluding hydrogens is 1460 g/mol. The number of benzene rings is 8. The molecule has 10 rings (SSSR count). The fourth-order valence-electron chi connectivity index (χ4n) is 15.5. The maximum atomic E-state index is 16.4. The van der Waals surface area contributed by atoms with E-state index in [4.69, 9.17) is 9.47 Å². The van der Waals surface area contributed by atoms with Crippen molar-refractivity contribution in [3.8, 4) is 56.6 Å². The van der Waals surface area contributed by atoms with E-state index in [1.165, 1.54) is 46.5 Å². The van der Waals surface area contributed by atoms with Gasteiger partial charge in [0.25, 0.3) is 0 Å². The Kier molecular flexibility index (Phi) is 23.1. The number of phenolic OH excluding ortho intramolecular Hbond substituents is 2. The van der Waals surface area contributed by atoms with E-state index >= 15 is 8.78 Å². The number of ether oxygens (including phenoxy) is 2. The Hall–Kier alpha value is -6.17. The van der Waals surface area contributed by atoms with Crippen LogP contribution in [0.15, 0.2) is 133 Å². The maximum Gasteiger partial charge on any atom is 0 e. The topological polar surface area (TPSA) is 68.8 Å². The van der Waals surface area contributed by atoms with Gasteiger partial charge < -0.3 is 14.9 Å². The molecule has 536 valence electrons. The second-order valence-electron chi connectivity index (χ2n) is 37.0. The summed E-state index contributed by atoms with van der Waals surface area (Å²) in [6.07, 6.45) is 1.67. The molecule has 0 spiro atoms. The van der Waals surface area contributed by atoms with E-state index in [1.54, 1.807) is 12.1 Å². The molecule has 0 saturated carbocycles. The van der Waals surface area contributed by atoms with E-state index in [0.717, 1.165) is 67.6 Å². The van der Waals surface area contributed by atoms with Gasteiger partial charge in [0.05, 0.1) is 0 Å². The number of phenols is 2. The Labute approximate surface area is 622 Å². The van der Waals surface area contributed by atoms with Crippen LogP contribution in [0.2, 0.25) is 9.50 Å². The number of aromatic nitrogens is 2. The van der Waals surface area contributed by atoms with Crippen LogP contribution in [0.1, 0.15) is 226 Å². The summed E-state index contributed by atoms with van der Waals surface area (Å²) in [7, 11) is 0. The van der Waals surface area contributed by atoms with Gasteiger partial charge in [0.2, 0.25) is 0 Å². The van der Waals surface area contributed by atoms with Crippen LogP contribution in [-0.2, 0) is 58.3 Å². The van der Waals surface area contributed by atoms with Gasteiger partial charge in [0.1, 0.15) is 0 Å².